The molecule has 0 spiro atoms. The zero-order valence-electron chi connectivity index (χ0n) is 13.5. The Labute approximate surface area is 136 Å². The van der Waals surface area contributed by atoms with Crippen molar-refractivity contribution in [2.45, 2.75) is 32.8 Å². The van der Waals surface area contributed by atoms with Gasteiger partial charge in [0.05, 0.1) is 13.2 Å². The molecule has 0 aliphatic carbocycles. The molecule has 2 rings (SSSR count). The molecule has 0 aliphatic rings. The first kappa shape index (κ1) is 17.1. The van der Waals surface area contributed by atoms with E-state index in [-0.39, 0.29) is 12.5 Å². The molecule has 5 heteroatoms. The largest absolute Gasteiger partial charge is 0.494 e. The van der Waals surface area contributed by atoms with Gasteiger partial charge in [0.25, 0.3) is 5.91 Å². The molecule has 0 fully saturated rings. The summed E-state index contributed by atoms with van der Waals surface area (Å²) < 4.78 is 10.9. The highest BCUT2D eigenvalue weighted by Crippen LogP contribution is 2.16. The third kappa shape index (κ3) is 5.14. The van der Waals surface area contributed by atoms with Gasteiger partial charge in [-0.2, -0.15) is 0 Å². The average molecular weight is 317 g/mol. The van der Waals surface area contributed by atoms with Crippen LogP contribution in [-0.2, 0) is 0 Å². The predicted octanol–water partition coefficient (Wildman–Crippen LogP) is 3.23. The van der Waals surface area contributed by atoms with Crippen LogP contribution in [0.2, 0.25) is 0 Å². The van der Waals surface area contributed by atoms with E-state index in [0.29, 0.717) is 17.9 Å². The quantitative estimate of drug-likeness (QED) is 0.733. The highest BCUT2D eigenvalue weighted by atomic mass is 16.5. The molecular weight excluding hydrogens is 294 g/mol. The number of hydrogen-bond acceptors (Lipinski definition) is 4. The van der Waals surface area contributed by atoms with Crippen molar-refractivity contribution in [2.24, 2.45) is 0 Å². The number of aryl methyl sites for hydroxylation is 1. The summed E-state index contributed by atoms with van der Waals surface area (Å²) in [5.41, 5.74) is 0.524. The normalized spacial score (nSPS) is 12.0. The van der Waals surface area contributed by atoms with E-state index in [1.807, 2.05) is 0 Å². The number of benzene rings is 1. The van der Waals surface area contributed by atoms with E-state index in [9.17, 15) is 9.90 Å². The third-order valence-electron chi connectivity index (χ3n) is 3.43. The van der Waals surface area contributed by atoms with E-state index < -0.39 is 6.10 Å². The first-order valence-corrected chi connectivity index (χ1v) is 7.85. The fourth-order valence-corrected chi connectivity index (χ4v) is 2.06. The van der Waals surface area contributed by atoms with Crippen molar-refractivity contribution in [3.8, 4) is 5.75 Å². The fourth-order valence-electron chi connectivity index (χ4n) is 2.06. The van der Waals surface area contributed by atoms with Crippen LogP contribution in [0.4, 0.5) is 0 Å². The van der Waals surface area contributed by atoms with Gasteiger partial charge in [-0.25, -0.2) is 0 Å². The van der Waals surface area contributed by atoms with E-state index in [2.05, 4.69) is 12.2 Å². The molecule has 124 valence electrons. The minimum absolute atomic E-state index is 0.0978. The maximum absolute atomic E-state index is 12.1. The lowest BCUT2D eigenvalue weighted by molar-refractivity contribution is 0.0900. The van der Waals surface area contributed by atoms with Crippen molar-refractivity contribution < 1.29 is 19.1 Å². The second-order valence-corrected chi connectivity index (χ2v) is 5.40. The van der Waals surface area contributed by atoms with Crippen LogP contribution in [0.1, 0.15) is 47.7 Å². The molecular formula is C18H23NO4. The van der Waals surface area contributed by atoms with Crippen molar-refractivity contribution >= 4 is 5.91 Å². The summed E-state index contributed by atoms with van der Waals surface area (Å²) in [5.74, 6) is 1.68. The van der Waals surface area contributed by atoms with E-state index in [4.69, 9.17) is 9.15 Å². The average Bonchev–Trinajstić information content (AvgIpc) is 3.00. The van der Waals surface area contributed by atoms with Gasteiger partial charge in [0, 0.05) is 5.56 Å². The van der Waals surface area contributed by atoms with Crippen molar-refractivity contribution in [1.82, 2.24) is 5.32 Å². The van der Waals surface area contributed by atoms with Gasteiger partial charge >= 0.3 is 0 Å². The number of aliphatic hydroxyl groups excluding tert-OH is 1. The van der Waals surface area contributed by atoms with Crippen LogP contribution in [0.15, 0.2) is 40.8 Å². The molecule has 1 unspecified atom stereocenters. The molecule has 1 heterocycles. The van der Waals surface area contributed by atoms with Gasteiger partial charge in [-0.05, 0) is 49.7 Å². The molecule has 1 atom stereocenters. The summed E-state index contributed by atoms with van der Waals surface area (Å²) in [6.07, 6.45) is 1.23. The molecule has 5 nitrogen and oxygen atoms in total. The molecule has 2 aromatic rings. The Kier molecular flexibility index (Phi) is 6.23. The fraction of sp³-hybridized carbons (Fsp3) is 0.389. The number of carbonyl (C=O) groups is 1. The Morgan fingerprint density at radius 2 is 2.00 bits per heavy atom. The zero-order valence-corrected chi connectivity index (χ0v) is 13.5. The lowest BCUT2D eigenvalue weighted by atomic mass is 10.2. The number of furan rings is 1. The van der Waals surface area contributed by atoms with Gasteiger partial charge in [-0.3, -0.25) is 4.79 Å². The summed E-state index contributed by atoms with van der Waals surface area (Å²) in [6, 6.07) is 10.4. The second-order valence-electron chi connectivity index (χ2n) is 5.40. The van der Waals surface area contributed by atoms with Crippen molar-refractivity contribution in [2.75, 3.05) is 13.2 Å². The van der Waals surface area contributed by atoms with Crippen LogP contribution in [-0.4, -0.2) is 24.2 Å². The zero-order chi connectivity index (χ0) is 16.7. The van der Waals surface area contributed by atoms with Crippen LogP contribution < -0.4 is 10.1 Å². The van der Waals surface area contributed by atoms with Crippen molar-refractivity contribution in [3.05, 3.63) is 53.5 Å². The Hall–Kier alpha value is -2.27. The van der Waals surface area contributed by atoms with E-state index in [0.717, 1.165) is 24.4 Å². The highest BCUT2D eigenvalue weighted by Gasteiger charge is 2.13. The number of carbonyl (C=O) groups excluding carboxylic acids is 1. The molecule has 1 aromatic heterocycles. The Morgan fingerprint density at radius 1 is 1.26 bits per heavy atom. The summed E-state index contributed by atoms with van der Waals surface area (Å²) in [6.45, 7) is 4.69. The number of rotatable bonds is 8. The van der Waals surface area contributed by atoms with Gasteiger partial charge in [0.2, 0.25) is 0 Å². The highest BCUT2D eigenvalue weighted by molar-refractivity contribution is 5.94. The molecule has 0 saturated carbocycles. The number of hydrogen-bond donors (Lipinski definition) is 2. The van der Waals surface area contributed by atoms with Gasteiger partial charge in [0.1, 0.15) is 23.4 Å². The number of ether oxygens (including phenoxy) is 1. The molecule has 2 N–H and O–H groups in total. The lowest BCUT2D eigenvalue weighted by Gasteiger charge is -2.10. The molecule has 1 amide bonds. The first-order valence-electron chi connectivity index (χ1n) is 7.85. The van der Waals surface area contributed by atoms with E-state index >= 15 is 0 Å². The second kappa shape index (κ2) is 8.39. The molecule has 0 aliphatic heterocycles. The van der Waals surface area contributed by atoms with E-state index in [1.165, 1.54) is 0 Å². The molecule has 0 bridgehead atoms. The van der Waals surface area contributed by atoms with Gasteiger partial charge < -0.3 is 19.6 Å². The van der Waals surface area contributed by atoms with Crippen LogP contribution in [0, 0.1) is 6.92 Å². The Balaban J connectivity index is 1.83. The van der Waals surface area contributed by atoms with Crippen LogP contribution in [0.5, 0.6) is 5.75 Å². The minimum Gasteiger partial charge on any atom is -0.494 e. The first-order chi connectivity index (χ1) is 11.1. The molecule has 23 heavy (non-hydrogen) atoms. The summed E-state index contributed by atoms with van der Waals surface area (Å²) in [5, 5.41) is 12.7. The monoisotopic (exact) mass is 317 g/mol. The Bertz CT molecular complexity index is 618. The number of aliphatic hydroxyl groups is 1. The third-order valence-corrected chi connectivity index (χ3v) is 3.43. The van der Waals surface area contributed by atoms with Crippen molar-refractivity contribution in [1.29, 1.82) is 0 Å². The lowest BCUT2D eigenvalue weighted by Crippen LogP contribution is -2.28. The number of amides is 1. The standard InChI is InChI=1S/C18H23NO4/c1-3-4-11-22-15-8-6-14(7-9-15)18(21)19-12-16(20)17-10-5-13(2)23-17/h5-10,16,20H,3-4,11-12H2,1-2H3,(H,19,21). The van der Waals surface area contributed by atoms with Crippen LogP contribution in [0.3, 0.4) is 0 Å². The van der Waals surface area contributed by atoms with Gasteiger partial charge in [-0.15, -0.1) is 0 Å². The number of nitrogens with one attached hydrogen (secondary N) is 1. The molecule has 0 saturated heterocycles. The maximum atomic E-state index is 12.1. The van der Waals surface area contributed by atoms with Crippen molar-refractivity contribution in [3.63, 3.8) is 0 Å². The maximum Gasteiger partial charge on any atom is 0.251 e. The summed E-state index contributed by atoms with van der Waals surface area (Å²) >= 11 is 0. The predicted molar refractivity (Wildman–Crippen MR) is 87.6 cm³/mol. The molecule has 1 aromatic carbocycles. The smallest absolute Gasteiger partial charge is 0.251 e. The molecule has 0 radical (unpaired) electrons. The van der Waals surface area contributed by atoms with E-state index in [1.54, 1.807) is 43.3 Å². The summed E-state index contributed by atoms with van der Waals surface area (Å²) in [4.78, 5) is 12.1. The van der Waals surface area contributed by atoms with Crippen LogP contribution >= 0.6 is 0 Å². The van der Waals surface area contributed by atoms with Crippen LogP contribution in [0.25, 0.3) is 0 Å². The van der Waals surface area contributed by atoms with Gasteiger partial charge in [-0.1, -0.05) is 13.3 Å². The topological polar surface area (TPSA) is 71.7 Å². The number of unbranched alkanes of at least 4 members (excludes halogenated alkanes) is 1. The minimum atomic E-state index is -0.857. The summed E-state index contributed by atoms with van der Waals surface area (Å²) in [7, 11) is 0. The Morgan fingerprint density at radius 3 is 2.61 bits per heavy atom. The SMILES string of the molecule is CCCCOc1ccc(C(=O)NCC(O)c2ccc(C)o2)cc1. The van der Waals surface area contributed by atoms with Gasteiger partial charge in [0.15, 0.2) is 0 Å².